The topological polar surface area (TPSA) is 38.8 Å². The van der Waals surface area contributed by atoms with E-state index in [0.29, 0.717) is 31.0 Å². The summed E-state index contributed by atoms with van der Waals surface area (Å²) in [7, 11) is 0. The molecule has 1 aromatic carbocycles. The summed E-state index contributed by atoms with van der Waals surface area (Å²) >= 11 is 1.67. The van der Waals surface area contributed by atoms with Crippen molar-refractivity contribution in [1.82, 2.24) is 4.90 Å². The van der Waals surface area contributed by atoms with Crippen LogP contribution in [0, 0.1) is 0 Å². The van der Waals surface area contributed by atoms with Gasteiger partial charge in [-0.1, -0.05) is 18.2 Å². The highest BCUT2D eigenvalue weighted by Gasteiger charge is 2.25. The first-order chi connectivity index (χ1) is 11.8. The summed E-state index contributed by atoms with van der Waals surface area (Å²) in [5.41, 5.74) is 0.619. The van der Waals surface area contributed by atoms with E-state index in [2.05, 4.69) is 6.07 Å². The van der Waals surface area contributed by atoms with Gasteiger partial charge in [0, 0.05) is 18.0 Å². The van der Waals surface area contributed by atoms with Gasteiger partial charge in [-0.15, -0.1) is 11.3 Å². The number of hydrogen-bond donors (Lipinski definition) is 0. The molecular formula is C19H23NO3S. The van der Waals surface area contributed by atoms with Crippen LogP contribution in [0.3, 0.4) is 0 Å². The molecule has 0 saturated carbocycles. The molecule has 1 aliphatic heterocycles. The first kappa shape index (κ1) is 17.0. The smallest absolute Gasteiger partial charge is 0.258 e. The number of hydrogen-bond acceptors (Lipinski definition) is 4. The summed E-state index contributed by atoms with van der Waals surface area (Å²) in [6.45, 7) is 4.49. The van der Waals surface area contributed by atoms with Gasteiger partial charge in [0.15, 0.2) is 0 Å². The van der Waals surface area contributed by atoms with Gasteiger partial charge < -0.3 is 14.4 Å². The zero-order chi connectivity index (χ0) is 16.8. The van der Waals surface area contributed by atoms with Gasteiger partial charge in [0.05, 0.1) is 24.8 Å². The van der Waals surface area contributed by atoms with Crippen LogP contribution < -0.4 is 4.74 Å². The normalized spacial score (nSPS) is 17.0. The maximum absolute atomic E-state index is 13.1. The van der Waals surface area contributed by atoms with Crippen LogP contribution in [0.5, 0.6) is 5.75 Å². The van der Waals surface area contributed by atoms with E-state index in [-0.39, 0.29) is 12.0 Å². The predicted octanol–water partition coefficient (Wildman–Crippen LogP) is 3.97. The third-order valence-corrected chi connectivity index (χ3v) is 4.94. The molecule has 5 heteroatoms. The van der Waals surface area contributed by atoms with Crippen molar-refractivity contribution in [1.29, 1.82) is 0 Å². The molecule has 1 saturated heterocycles. The number of carbonyl (C=O) groups excluding carboxylic acids is 1. The van der Waals surface area contributed by atoms with Crippen LogP contribution in [0.25, 0.3) is 0 Å². The second-order valence-corrected chi connectivity index (χ2v) is 6.86. The Balaban J connectivity index is 1.81. The van der Waals surface area contributed by atoms with Gasteiger partial charge in [0.1, 0.15) is 5.75 Å². The molecular weight excluding hydrogens is 322 g/mol. The monoisotopic (exact) mass is 345 g/mol. The maximum Gasteiger partial charge on any atom is 0.258 e. The van der Waals surface area contributed by atoms with E-state index in [1.165, 1.54) is 4.88 Å². The van der Waals surface area contributed by atoms with Crippen molar-refractivity contribution in [2.24, 2.45) is 0 Å². The lowest BCUT2D eigenvalue weighted by molar-refractivity contribution is 0.0506. The molecule has 0 radical (unpaired) electrons. The van der Waals surface area contributed by atoms with Gasteiger partial charge in [-0.3, -0.25) is 4.79 Å². The van der Waals surface area contributed by atoms with Crippen LogP contribution in [0.15, 0.2) is 41.8 Å². The summed E-state index contributed by atoms with van der Waals surface area (Å²) in [6, 6.07) is 11.5. The van der Waals surface area contributed by atoms with Crippen molar-refractivity contribution < 1.29 is 14.3 Å². The Bertz CT molecular complexity index is 650. The SMILES string of the molecule is CCOc1ccccc1C(=O)N(Cc1cccs1)CC1CCCO1. The highest BCUT2D eigenvalue weighted by Crippen LogP contribution is 2.23. The van der Waals surface area contributed by atoms with Crippen molar-refractivity contribution in [3.8, 4) is 5.75 Å². The summed E-state index contributed by atoms with van der Waals surface area (Å²) < 4.78 is 11.4. The lowest BCUT2D eigenvalue weighted by atomic mass is 10.1. The quantitative estimate of drug-likeness (QED) is 0.762. The molecule has 1 amide bonds. The predicted molar refractivity (Wildman–Crippen MR) is 95.6 cm³/mol. The summed E-state index contributed by atoms with van der Waals surface area (Å²) in [5.74, 6) is 0.650. The van der Waals surface area contributed by atoms with E-state index in [0.717, 1.165) is 19.4 Å². The number of carbonyl (C=O) groups is 1. The Labute approximate surface area is 147 Å². The number of nitrogens with zero attached hydrogens (tertiary/aromatic N) is 1. The third-order valence-electron chi connectivity index (χ3n) is 4.08. The van der Waals surface area contributed by atoms with Crippen LogP contribution in [0.1, 0.15) is 35.0 Å². The van der Waals surface area contributed by atoms with Crippen LogP contribution in [0.2, 0.25) is 0 Å². The molecule has 3 rings (SSSR count). The Morgan fingerprint density at radius 2 is 2.21 bits per heavy atom. The first-order valence-electron chi connectivity index (χ1n) is 8.43. The van der Waals surface area contributed by atoms with Gasteiger partial charge in [0.2, 0.25) is 0 Å². The van der Waals surface area contributed by atoms with Crippen molar-refractivity contribution in [3.63, 3.8) is 0 Å². The first-order valence-corrected chi connectivity index (χ1v) is 9.31. The van der Waals surface area contributed by atoms with E-state index >= 15 is 0 Å². The average Bonchev–Trinajstić information content (AvgIpc) is 3.28. The fourth-order valence-corrected chi connectivity index (χ4v) is 3.66. The second-order valence-electron chi connectivity index (χ2n) is 5.83. The largest absolute Gasteiger partial charge is 0.493 e. The lowest BCUT2D eigenvalue weighted by Crippen LogP contribution is -2.37. The van der Waals surface area contributed by atoms with E-state index < -0.39 is 0 Å². The second kappa shape index (κ2) is 8.31. The van der Waals surface area contributed by atoms with Crippen LogP contribution in [-0.2, 0) is 11.3 Å². The Kier molecular flexibility index (Phi) is 5.88. The zero-order valence-corrected chi connectivity index (χ0v) is 14.8. The minimum absolute atomic E-state index is 0.00273. The summed E-state index contributed by atoms with van der Waals surface area (Å²) in [4.78, 5) is 16.2. The summed E-state index contributed by atoms with van der Waals surface area (Å²) in [5, 5.41) is 2.04. The molecule has 0 spiro atoms. The fraction of sp³-hybridized carbons (Fsp3) is 0.421. The highest BCUT2D eigenvalue weighted by atomic mass is 32.1. The molecule has 1 atom stereocenters. The molecule has 0 bridgehead atoms. The Morgan fingerprint density at radius 1 is 1.33 bits per heavy atom. The molecule has 1 aromatic heterocycles. The number of para-hydroxylation sites is 1. The van der Waals surface area contributed by atoms with Gasteiger partial charge in [0.25, 0.3) is 5.91 Å². The van der Waals surface area contributed by atoms with E-state index in [1.807, 2.05) is 47.5 Å². The number of amides is 1. The molecule has 0 N–H and O–H groups in total. The standard InChI is InChI=1S/C19H23NO3S/c1-2-22-18-10-4-3-9-17(18)19(21)20(13-15-7-5-11-23-15)14-16-8-6-12-24-16/h3-4,6,8-10,12,15H,2,5,7,11,13-14H2,1H3. The molecule has 1 aliphatic rings. The molecule has 2 aromatic rings. The Hall–Kier alpha value is -1.85. The molecule has 1 fully saturated rings. The Morgan fingerprint density at radius 3 is 2.92 bits per heavy atom. The maximum atomic E-state index is 13.1. The van der Waals surface area contributed by atoms with Crippen molar-refractivity contribution >= 4 is 17.2 Å². The van der Waals surface area contributed by atoms with Crippen LogP contribution >= 0.6 is 11.3 Å². The number of benzene rings is 1. The lowest BCUT2D eigenvalue weighted by Gasteiger charge is -2.26. The van der Waals surface area contributed by atoms with E-state index in [9.17, 15) is 4.79 Å². The van der Waals surface area contributed by atoms with Gasteiger partial charge >= 0.3 is 0 Å². The third kappa shape index (κ3) is 4.16. The number of rotatable bonds is 7. The van der Waals surface area contributed by atoms with Gasteiger partial charge in [-0.25, -0.2) is 0 Å². The van der Waals surface area contributed by atoms with Crippen LogP contribution in [0.4, 0.5) is 0 Å². The minimum Gasteiger partial charge on any atom is -0.493 e. The number of ether oxygens (including phenoxy) is 2. The fourth-order valence-electron chi connectivity index (χ4n) is 2.94. The molecule has 24 heavy (non-hydrogen) atoms. The van der Waals surface area contributed by atoms with E-state index in [4.69, 9.17) is 9.47 Å². The molecule has 4 nitrogen and oxygen atoms in total. The van der Waals surface area contributed by atoms with Gasteiger partial charge in [-0.2, -0.15) is 0 Å². The highest BCUT2D eigenvalue weighted by molar-refractivity contribution is 7.09. The molecule has 128 valence electrons. The van der Waals surface area contributed by atoms with Crippen molar-refractivity contribution in [3.05, 3.63) is 52.2 Å². The van der Waals surface area contributed by atoms with Crippen molar-refractivity contribution in [2.45, 2.75) is 32.4 Å². The number of thiophene rings is 1. The van der Waals surface area contributed by atoms with Gasteiger partial charge in [-0.05, 0) is 43.3 Å². The minimum atomic E-state index is 0.00273. The summed E-state index contributed by atoms with van der Waals surface area (Å²) in [6.07, 6.45) is 2.22. The van der Waals surface area contributed by atoms with E-state index in [1.54, 1.807) is 11.3 Å². The zero-order valence-electron chi connectivity index (χ0n) is 13.9. The molecule has 0 aliphatic carbocycles. The van der Waals surface area contributed by atoms with Crippen molar-refractivity contribution in [2.75, 3.05) is 19.8 Å². The molecule has 1 unspecified atom stereocenters. The van der Waals surface area contributed by atoms with Crippen LogP contribution in [-0.4, -0.2) is 36.7 Å². The molecule has 2 heterocycles. The average molecular weight is 345 g/mol.